The molecular weight excluding hydrogens is 258 g/mol. The van der Waals surface area contributed by atoms with Crippen molar-refractivity contribution in [3.63, 3.8) is 0 Å². The highest BCUT2D eigenvalue weighted by Crippen LogP contribution is 2.35. The molecule has 1 aliphatic heterocycles. The van der Waals surface area contributed by atoms with Gasteiger partial charge in [-0.1, -0.05) is 26.7 Å². The predicted molar refractivity (Wildman–Crippen MR) is 88.0 cm³/mol. The van der Waals surface area contributed by atoms with E-state index in [1.165, 1.54) is 45.2 Å². The van der Waals surface area contributed by atoms with E-state index in [0.29, 0.717) is 12.1 Å². The summed E-state index contributed by atoms with van der Waals surface area (Å²) in [6.07, 6.45) is 7.53. The Morgan fingerprint density at radius 1 is 1.14 bits per heavy atom. The molecule has 0 aromatic rings. The number of hydrogen-bond donors (Lipinski definition) is 0. The fraction of sp³-hybridized carbons (Fsp3) is 0.944. The first-order valence-electron chi connectivity index (χ1n) is 9.07. The first kappa shape index (κ1) is 16.8. The molecular formula is C18H33N3. The van der Waals surface area contributed by atoms with Gasteiger partial charge in [0.15, 0.2) is 0 Å². The van der Waals surface area contributed by atoms with E-state index in [1.54, 1.807) is 0 Å². The number of rotatable bonds is 5. The summed E-state index contributed by atoms with van der Waals surface area (Å²) in [5.41, 5.74) is 0. The van der Waals surface area contributed by atoms with E-state index < -0.39 is 0 Å². The van der Waals surface area contributed by atoms with E-state index in [2.05, 4.69) is 36.6 Å². The summed E-state index contributed by atoms with van der Waals surface area (Å²) in [5, 5.41) is 9.50. The van der Waals surface area contributed by atoms with Crippen LogP contribution in [0.2, 0.25) is 0 Å². The fourth-order valence-electron chi connectivity index (χ4n) is 4.22. The third-order valence-corrected chi connectivity index (χ3v) is 5.82. The zero-order valence-electron chi connectivity index (χ0n) is 14.2. The maximum atomic E-state index is 9.50. The van der Waals surface area contributed by atoms with Crippen LogP contribution in [0.25, 0.3) is 0 Å². The Hall–Kier alpha value is -0.590. The van der Waals surface area contributed by atoms with Crippen LogP contribution >= 0.6 is 0 Å². The van der Waals surface area contributed by atoms with Crippen molar-refractivity contribution in [2.45, 2.75) is 71.4 Å². The number of hydrogen-bond acceptors (Lipinski definition) is 3. The normalized spacial score (nSPS) is 33.5. The van der Waals surface area contributed by atoms with Crippen molar-refractivity contribution >= 4 is 0 Å². The lowest BCUT2D eigenvalue weighted by Crippen LogP contribution is -2.55. The molecule has 2 rings (SSSR count). The van der Waals surface area contributed by atoms with Crippen molar-refractivity contribution in [2.75, 3.05) is 26.2 Å². The molecule has 4 unspecified atom stereocenters. The van der Waals surface area contributed by atoms with E-state index in [1.807, 2.05) is 0 Å². The Balaban J connectivity index is 1.91. The van der Waals surface area contributed by atoms with Crippen LogP contribution in [0.4, 0.5) is 0 Å². The topological polar surface area (TPSA) is 30.3 Å². The lowest BCUT2D eigenvalue weighted by atomic mass is 9.76. The largest absolute Gasteiger partial charge is 0.298 e. The van der Waals surface area contributed by atoms with Gasteiger partial charge in [-0.25, -0.2) is 0 Å². The zero-order valence-corrected chi connectivity index (χ0v) is 14.2. The Labute approximate surface area is 131 Å². The quantitative estimate of drug-likeness (QED) is 0.776. The molecule has 0 aromatic carbocycles. The molecule has 3 nitrogen and oxygen atoms in total. The molecule has 1 aliphatic carbocycles. The molecule has 2 fully saturated rings. The van der Waals surface area contributed by atoms with Crippen molar-refractivity contribution in [3.8, 4) is 6.07 Å². The monoisotopic (exact) mass is 291 g/mol. The average molecular weight is 291 g/mol. The maximum Gasteiger partial charge on any atom is 0.0672 e. The van der Waals surface area contributed by atoms with Crippen LogP contribution in [-0.4, -0.2) is 48.1 Å². The molecule has 21 heavy (non-hydrogen) atoms. The second kappa shape index (κ2) is 8.15. The highest BCUT2D eigenvalue weighted by atomic mass is 15.3. The van der Waals surface area contributed by atoms with Crippen LogP contribution in [0.15, 0.2) is 0 Å². The van der Waals surface area contributed by atoms with E-state index in [9.17, 15) is 5.26 Å². The summed E-state index contributed by atoms with van der Waals surface area (Å²) in [4.78, 5) is 5.25. The van der Waals surface area contributed by atoms with Gasteiger partial charge in [0.1, 0.15) is 0 Å². The number of piperazine rings is 1. The molecule has 0 radical (unpaired) electrons. The third kappa shape index (κ3) is 4.20. The predicted octanol–water partition coefficient (Wildman–Crippen LogP) is 3.51. The van der Waals surface area contributed by atoms with E-state index in [0.717, 1.165) is 25.4 Å². The van der Waals surface area contributed by atoms with E-state index in [-0.39, 0.29) is 5.92 Å². The smallest absolute Gasteiger partial charge is 0.0672 e. The van der Waals surface area contributed by atoms with Crippen molar-refractivity contribution in [1.29, 1.82) is 5.26 Å². The lowest BCUT2D eigenvalue weighted by Gasteiger charge is -2.45. The third-order valence-electron chi connectivity index (χ3n) is 5.82. The number of nitriles is 1. The molecule has 0 spiro atoms. The highest BCUT2D eigenvalue weighted by molar-refractivity contribution is 4.98. The summed E-state index contributed by atoms with van der Waals surface area (Å²) < 4.78 is 0. The molecule has 2 aliphatic rings. The summed E-state index contributed by atoms with van der Waals surface area (Å²) in [6, 6.07) is 3.84. The van der Waals surface area contributed by atoms with Gasteiger partial charge in [-0.2, -0.15) is 5.26 Å². The van der Waals surface area contributed by atoms with Gasteiger partial charge in [0.25, 0.3) is 0 Å². The summed E-state index contributed by atoms with van der Waals surface area (Å²) in [6.45, 7) is 11.6. The molecule has 0 N–H and O–H groups in total. The van der Waals surface area contributed by atoms with Gasteiger partial charge in [-0.05, 0) is 38.5 Å². The molecule has 4 atom stereocenters. The molecule has 0 amide bonds. The van der Waals surface area contributed by atoms with E-state index >= 15 is 0 Å². The van der Waals surface area contributed by atoms with Gasteiger partial charge in [-0.15, -0.1) is 0 Å². The van der Waals surface area contributed by atoms with Gasteiger partial charge in [0, 0.05) is 38.3 Å². The first-order chi connectivity index (χ1) is 10.2. The van der Waals surface area contributed by atoms with Gasteiger partial charge < -0.3 is 0 Å². The molecule has 120 valence electrons. The Morgan fingerprint density at radius 3 is 2.43 bits per heavy atom. The molecule has 1 saturated carbocycles. The lowest BCUT2D eigenvalue weighted by molar-refractivity contribution is 0.0347. The molecule has 1 heterocycles. The fourth-order valence-corrected chi connectivity index (χ4v) is 4.22. The van der Waals surface area contributed by atoms with Crippen LogP contribution < -0.4 is 0 Å². The van der Waals surface area contributed by atoms with Crippen LogP contribution in [-0.2, 0) is 0 Å². The van der Waals surface area contributed by atoms with Crippen molar-refractivity contribution < 1.29 is 0 Å². The maximum absolute atomic E-state index is 9.50. The Morgan fingerprint density at radius 2 is 1.86 bits per heavy atom. The van der Waals surface area contributed by atoms with Gasteiger partial charge in [-0.3, -0.25) is 9.80 Å². The van der Waals surface area contributed by atoms with Gasteiger partial charge in [0.05, 0.1) is 12.0 Å². The van der Waals surface area contributed by atoms with E-state index in [4.69, 9.17) is 0 Å². The molecule has 0 bridgehead atoms. The molecule has 1 saturated heterocycles. The average Bonchev–Trinajstić information content (AvgIpc) is 2.54. The SMILES string of the molecule is CCCC1CCC(C#N)C(N2CCN(C(C)CC)CC2)C1. The Kier molecular flexibility index (Phi) is 6.51. The first-order valence-corrected chi connectivity index (χ1v) is 9.07. The second-order valence-electron chi connectivity index (χ2n) is 7.10. The molecule has 0 aromatic heterocycles. The van der Waals surface area contributed by atoms with Gasteiger partial charge in [0.2, 0.25) is 0 Å². The summed E-state index contributed by atoms with van der Waals surface area (Å²) >= 11 is 0. The minimum atomic E-state index is 0.272. The van der Waals surface area contributed by atoms with Crippen molar-refractivity contribution in [2.24, 2.45) is 11.8 Å². The van der Waals surface area contributed by atoms with Crippen LogP contribution in [0, 0.1) is 23.2 Å². The minimum absolute atomic E-state index is 0.272. The summed E-state index contributed by atoms with van der Waals surface area (Å²) in [7, 11) is 0. The van der Waals surface area contributed by atoms with Crippen LogP contribution in [0.1, 0.15) is 59.3 Å². The standard InChI is InChI=1S/C18H33N3/c1-4-6-16-7-8-17(14-19)18(13-16)21-11-9-20(10-12-21)15(3)5-2/h15-18H,4-13H2,1-3H3. The number of nitrogens with zero attached hydrogens (tertiary/aromatic N) is 3. The Bertz CT molecular complexity index is 341. The second-order valence-corrected chi connectivity index (χ2v) is 7.10. The van der Waals surface area contributed by atoms with Gasteiger partial charge >= 0.3 is 0 Å². The highest BCUT2D eigenvalue weighted by Gasteiger charge is 2.35. The minimum Gasteiger partial charge on any atom is -0.298 e. The van der Waals surface area contributed by atoms with Crippen molar-refractivity contribution in [1.82, 2.24) is 9.80 Å². The van der Waals surface area contributed by atoms with Crippen LogP contribution in [0.5, 0.6) is 0 Å². The molecule has 3 heteroatoms. The van der Waals surface area contributed by atoms with Crippen LogP contribution in [0.3, 0.4) is 0 Å². The zero-order chi connectivity index (χ0) is 15.2. The van der Waals surface area contributed by atoms with Crippen molar-refractivity contribution in [3.05, 3.63) is 0 Å². The summed E-state index contributed by atoms with van der Waals surface area (Å²) in [5.74, 6) is 1.13.